The summed E-state index contributed by atoms with van der Waals surface area (Å²) in [5, 5.41) is 2.67. The molecule has 0 radical (unpaired) electrons. The van der Waals surface area contributed by atoms with E-state index in [-0.39, 0.29) is 0 Å². The zero-order valence-electron chi connectivity index (χ0n) is 6.87. The molecule has 0 fully saturated rings. The number of phosphoric ester groups is 1. The molecule has 0 spiro atoms. The van der Waals surface area contributed by atoms with Crippen molar-refractivity contribution >= 4 is 7.82 Å². The second-order valence-corrected chi connectivity index (χ2v) is 3.58. The molecule has 3 N–H and O–H groups in total. The van der Waals surface area contributed by atoms with Gasteiger partial charge in [-0.15, -0.1) is 0 Å². The highest BCUT2D eigenvalue weighted by atomic mass is 31.2. The van der Waals surface area contributed by atoms with Crippen LogP contribution in [0.1, 0.15) is 20.3 Å². The molecule has 5 nitrogen and oxygen atoms in total. The van der Waals surface area contributed by atoms with Crippen LogP contribution in [0.2, 0.25) is 0 Å². The normalized spacial score (nSPS) is 17.9. The minimum Gasteiger partial charge on any atom is -0.303 e. The van der Waals surface area contributed by atoms with Crippen molar-refractivity contribution in [3.8, 4) is 0 Å². The molecule has 0 aromatic rings. The van der Waals surface area contributed by atoms with Crippen molar-refractivity contribution in [2.75, 3.05) is 7.05 Å². The van der Waals surface area contributed by atoms with E-state index in [2.05, 4.69) is 9.84 Å². The molecule has 0 saturated heterocycles. The maximum Gasteiger partial charge on any atom is 0.471 e. The molecule has 0 saturated carbocycles. The summed E-state index contributed by atoms with van der Waals surface area (Å²) in [4.78, 5) is 16.9. The minimum absolute atomic E-state index is 0.481. The van der Waals surface area contributed by atoms with Gasteiger partial charge in [0, 0.05) is 0 Å². The third-order valence-electron chi connectivity index (χ3n) is 1.52. The van der Waals surface area contributed by atoms with Crippen molar-refractivity contribution in [3.05, 3.63) is 0 Å². The SMILES string of the molecule is CCC(C)(NC)OP(=O)(O)O. The number of rotatable bonds is 4. The van der Waals surface area contributed by atoms with Gasteiger partial charge in [0.05, 0.1) is 0 Å². The highest BCUT2D eigenvalue weighted by molar-refractivity contribution is 7.46. The second kappa shape index (κ2) is 3.65. The van der Waals surface area contributed by atoms with E-state index >= 15 is 0 Å². The molecule has 1 unspecified atom stereocenters. The van der Waals surface area contributed by atoms with E-state index in [1.807, 2.05) is 0 Å². The average molecular weight is 183 g/mol. The van der Waals surface area contributed by atoms with Crippen molar-refractivity contribution < 1.29 is 18.9 Å². The smallest absolute Gasteiger partial charge is 0.303 e. The van der Waals surface area contributed by atoms with Gasteiger partial charge < -0.3 is 9.79 Å². The lowest BCUT2D eigenvalue weighted by Crippen LogP contribution is -2.40. The predicted octanol–water partition coefficient (Wildman–Crippen LogP) is 0.441. The summed E-state index contributed by atoms with van der Waals surface area (Å²) in [6, 6.07) is 0. The summed E-state index contributed by atoms with van der Waals surface area (Å²) in [5.41, 5.74) is -0.945. The van der Waals surface area contributed by atoms with E-state index in [4.69, 9.17) is 9.79 Å². The van der Waals surface area contributed by atoms with Gasteiger partial charge in [0.15, 0.2) is 0 Å². The first-order valence-corrected chi connectivity index (χ1v) is 4.81. The van der Waals surface area contributed by atoms with Gasteiger partial charge in [-0.05, 0) is 20.4 Å². The van der Waals surface area contributed by atoms with Crippen LogP contribution in [0.4, 0.5) is 0 Å². The first-order valence-electron chi connectivity index (χ1n) is 3.28. The molecule has 0 aliphatic carbocycles. The summed E-state index contributed by atoms with van der Waals surface area (Å²) in [7, 11) is -2.80. The third kappa shape index (κ3) is 4.50. The highest BCUT2D eigenvalue weighted by Crippen LogP contribution is 2.41. The van der Waals surface area contributed by atoms with Crippen LogP contribution in [0, 0.1) is 0 Å². The van der Waals surface area contributed by atoms with Gasteiger partial charge in [0.1, 0.15) is 5.72 Å². The van der Waals surface area contributed by atoms with E-state index < -0.39 is 13.5 Å². The Balaban J connectivity index is 4.20. The lowest BCUT2D eigenvalue weighted by Gasteiger charge is -2.27. The van der Waals surface area contributed by atoms with Crippen LogP contribution in [0.5, 0.6) is 0 Å². The first-order chi connectivity index (χ1) is 4.83. The Hall–Kier alpha value is 0.0700. The Kier molecular flexibility index (Phi) is 3.67. The summed E-state index contributed by atoms with van der Waals surface area (Å²) in [5.74, 6) is 0. The lowest BCUT2D eigenvalue weighted by atomic mass is 10.2. The molecule has 1 atom stereocenters. The van der Waals surface area contributed by atoms with E-state index in [1.165, 1.54) is 0 Å². The molecular formula is C5H14NO4P. The molecule has 0 heterocycles. The van der Waals surface area contributed by atoms with Gasteiger partial charge >= 0.3 is 7.82 Å². The fourth-order valence-corrected chi connectivity index (χ4v) is 1.29. The number of hydrogen-bond acceptors (Lipinski definition) is 3. The molecule has 6 heteroatoms. The molecule has 0 amide bonds. The van der Waals surface area contributed by atoms with Crippen molar-refractivity contribution in [1.82, 2.24) is 5.32 Å². The number of nitrogens with one attached hydrogen (secondary N) is 1. The highest BCUT2D eigenvalue weighted by Gasteiger charge is 2.29. The molecule has 0 rings (SSSR count). The summed E-state index contributed by atoms with van der Waals surface area (Å²) >= 11 is 0. The minimum atomic E-state index is -4.38. The van der Waals surface area contributed by atoms with Crippen LogP contribution in [-0.4, -0.2) is 22.6 Å². The Morgan fingerprint density at radius 3 is 2.18 bits per heavy atom. The van der Waals surface area contributed by atoms with E-state index in [0.29, 0.717) is 6.42 Å². The Morgan fingerprint density at radius 2 is 2.09 bits per heavy atom. The van der Waals surface area contributed by atoms with Gasteiger partial charge in [0.25, 0.3) is 0 Å². The number of hydrogen-bond donors (Lipinski definition) is 3. The molecule has 0 bridgehead atoms. The standard InChI is InChI=1S/C5H14NO4P/c1-4-5(2,6-3)10-11(7,8)9/h6H,4H2,1-3H3,(H2,7,8,9). The number of phosphoric acid groups is 1. The van der Waals surface area contributed by atoms with Crippen LogP contribution in [0.3, 0.4) is 0 Å². The molecule has 0 aromatic carbocycles. The van der Waals surface area contributed by atoms with Gasteiger partial charge in [-0.3, -0.25) is 9.84 Å². The second-order valence-electron chi connectivity index (χ2n) is 2.42. The van der Waals surface area contributed by atoms with Crippen molar-refractivity contribution in [1.29, 1.82) is 0 Å². The van der Waals surface area contributed by atoms with Crippen LogP contribution < -0.4 is 5.32 Å². The molecule has 0 aromatic heterocycles. The zero-order valence-corrected chi connectivity index (χ0v) is 7.76. The van der Waals surface area contributed by atoms with E-state index in [9.17, 15) is 4.57 Å². The van der Waals surface area contributed by atoms with E-state index in [0.717, 1.165) is 0 Å². The topological polar surface area (TPSA) is 78.8 Å². The maximum absolute atomic E-state index is 10.4. The zero-order chi connectivity index (χ0) is 9.12. The van der Waals surface area contributed by atoms with Gasteiger partial charge in [-0.1, -0.05) is 6.92 Å². The molecule has 0 aliphatic rings. The summed E-state index contributed by atoms with van der Waals surface area (Å²) < 4.78 is 14.9. The van der Waals surface area contributed by atoms with Crippen molar-refractivity contribution in [2.45, 2.75) is 26.0 Å². The molecule has 68 valence electrons. The predicted molar refractivity (Wildman–Crippen MR) is 40.9 cm³/mol. The molecule has 11 heavy (non-hydrogen) atoms. The van der Waals surface area contributed by atoms with Crippen LogP contribution in [0.25, 0.3) is 0 Å². The van der Waals surface area contributed by atoms with Crippen LogP contribution >= 0.6 is 7.82 Å². The quantitative estimate of drug-likeness (QED) is 0.435. The lowest BCUT2D eigenvalue weighted by molar-refractivity contribution is 0.0234. The van der Waals surface area contributed by atoms with Crippen LogP contribution in [-0.2, 0) is 9.09 Å². The van der Waals surface area contributed by atoms with Crippen molar-refractivity contribution in [3.63, 3.8) is 0 Å². The monoisotopic (exact) mass is 183 g/mol. The summed E-state index contributed by atoms with van der Waals surface area (Å²) in [6.45, 7) is 3.35. The fraction of sp³-hybridized carbons (Fsp3) is 1.00. The van der Waals surface area contributed by atoms with Crippen molar-refractivity contribution in [2.24, 2.45) is 0 Å². The fourth-order valence-electron chi connectivity index (χ4n) is 0.549. The van der Waals surface area contributed by atoms with Gasteiger partial charge in [-0.2, -0.15) is 0 Å². The third-order valence-corrected chi connectivity index (χ3v) is 2.16. The first kappa shape index (κ1) is 11.1. The largest absolute Gasteiger partial charge is 0.471 e. The summed E-state index contributed by atoms with van der Waals surface area (Å²) in [6.07, 6.45) is 0.481. The Bertz CT molecular complexity index is 162. The Labute approximate surface area is 66.0 Å². The molecule has 0 aliphatic heterocycles. The van der Waals surface area contributed by atoms with Gasteiger partial charge in [0.2, 0.25) is 0 Å². The van der Waals surface area contributed by atoms with Crippen LogP contribution in [0.15, 0.2) is 0 Å². The maximum atomic E-state index is 10.4. The van der Waals surface area contributed by atoms with E-state index in [1.54, 1.807) is 20.9 Å². The van der Waals surface area contributed by atoms with Gasteiger partial charge in [-0.25, -0.2) is 4.57 Å². The Morgan fingerprint density at radius 1 is 1.64 bits per heavy atom. The molecular weight excluding hydrogens is 169 g/mol. The average Bonchev–Trinajstić information content (AvgIpc) is 1.84.